The van der Waals surface area contributed by atoms with Gasteiger partial charge in [-0.25, -0.2) is 0 Å². The molecule has 0 spiro atoms. The Hall–Kier alpha value is -0.830. The number of unbranched alkanes of at least 4 members (excludes halogenated alkanes) is 2. The Morgan fingerprint density at radius 1 is 1.54 bits per heavy atom. The number of aromatic nitrogens is 2. The zero-order valence-corrected chi connectivity index (χ0v) is 8.40. The zero-order chi connectivity index (χ0) is 9.68. The van der Waals surface area contributed by atoms with Crippen molar-refractivity contribution in [3.63, 3.8) is 0 Å². The van der Waals surface area contributed by atoms with Gasteiger partial charge in [-0.05, 0) is 12.5 Å². The molecule has 1 heterocycles. The second-order valence-corrected chi connectivity index (χ2v) is 3.39. The van der Waals surface area contributed by atoms with Gasteiger partial charge in [0.25, 0.3) is 0 Å². The second kappa shape index (κ2) is 5.02. The van der Waals surface area contributed by atoms with Crippen LogP contribution in [0, 0.1) is 0 Å². The molecule has 0 aromatic carbocycles. The number of aryl methyl sites for hydroxylation is 1. The second-order valence-electron chi connectivity index (χ2n) is 3.39. The topological polar surface area (TPSA) is 38.1 Å². The quantitative estimate of drug-likeness (QED) is 0.707. The molecule has 3 nitrogen and oxygen atoms in total. The predicted molar refractivity (Wildman–Crippen MR) is 52.3 cm³/mol. The van der Waals surface area contributed by atoms with Gasteiger partial charge in [-0.2, -0.15) is 5.10 Å². The lowest BCUT2D eigenvalue weighted by Gasteiger charge is -2.09. The molecule has 0 saturated heterocycles. The Morgan fingerprint density at radius 3 is 2.85 bits per heavy atom. The summed E-state index contributed by atoms with van der Waals surface area (Å²) in [6.07, 6.45) is 5.68. The summed E-state index contributed by atoms with van der Waals surface area (Å²) < 4.78 is 1.73. The first-order chi connectivity index (χ1) is 6.25. The first kappa shape index (κ1) is 10.3. The molecule has 74 valence electrons. The summed E-state index contributed by atoms with van der Waals surface area (Å²) >= 11 is 0. The smallest absolute Gasteiger partial charge is 0.0956 e. The van der Waals surface area contributed by atoms with E-state index in [1.165, 1.54) is 12.8 Å². The van der Waals surface area contributed by atoms with E-state index in [0.29, 0.717) is 0 Å². The number of aliphatic hydroxyl groups is 1. The molecule has 1 aromatic heterocycles. The van der Waals surface area contributed by atoms with E-state index < -0.39 is 0 Å². The third kappa shape index (κ3) is 2.84. The third-order valence-corrected chi connectivity index (χ3v) is 2.28. The van der Waals surface area contributed by atoms with E-state index in [9.17, 15) is 5.11 Å². The zero-order valence-electron chi connectivity index (χ0n) is 8.40. The lowest BCUT2D eigenvalue weighted by molar-refractivity contribution is 0.154. The average molecular weight is 182 g/mol. The van der Waals surface area contributed by atoms with Crippen LogP contribution in [-0.4, -0.2) is 14.9 Å². The van der Waals surface area contributed by atoms with Crippen LogP contribution in [0.3, 0.4) is 0 Å². The third-order valence-electron chi connectivity index (χ3n) is 2.28. The maximum atomic E-state index is 9.76. The molecule has 0 aliphatic rings. The van der Waals surface area contributed by atoms with Crippen LogP contribution in [0.25, 0.3) is 0 Å². The van der Waals surface area contributed by atoms with Crippen molar-refractivity contribution in [3.8, 4) is 0 Å². The Morgan fingerprint density at radius 2 is 2.31 bits per heavy atom. The molecule has 1 N–H and O–H groups in total. The van der Waals surface area contributed by atoms with Crippen LogP contribution in [0.5, 0.6) is 0 Å². The molecule has 1 unspecified atom stereocenters. The van der Waals surface area contributed by atoms with Crippen LogP contribution < -0.4 is 0 Å². The van der Waals surface area contributed by atoms with Crippen molar-refractivity contribution in [3.05, 3.63) is 18.0 Å². The molecule has 1 atom stereocenters. The summed E-state index contributed by atoms with van der Waals surface area (Å²) in [7, 11) is 1.86. The fourth-order valence-corrected chi connectivity index (χ4v) is 1.45. The highest BCUT2D eigenvalue weighted by atomic mass is 16.3. The highest BCUT2D eigenvalue weighted by molar-refractivity contribution is 5.03. The molecule has 0 amide bonds. The largest absolute Gasteiger partial charge is 0.387 e. The first-order valence-corrected chi connectivity index (χ1v) is 4.91. The van der Waals surface area contributed by atoms with Crippen LogP contribution in [0.1, 0.15) is 44.4 Å². The van der Waals surface area contributed by atoms with Crippen molar-refractivity contribution in [2.45, 2.75) is 38.7 Å². The Bertz CT molecular complexity index is 245. The number of nitrogens with zero attached hydrogens (tertiary/aromatic N) is 2. The Balaban J connectivity index is 2.39. The minimum Gasteiger partial charge on any atom is -0.387 e. The molecule has 0 aliphatic carbocycles. The van der Waals surface area contributed by atoms with Crippen LogP contribution >= 0.6 is 0 Å². The standard InChI is InChI=1S/C10H18N2O/c1-3-4-5-6-10(13)9-7-8-11-12(9)2/h7-8,10,13H,3-6H2,1-2H3. The summed E-state index contributed by atoms with van der Waals surface area (Å²) in [6.45, 7) is 2.16. The fraction of sp³-hybridized carbons (Fsp3) is 0.700. The normalized spacial score (nSPS) is 13.2. The van der Waals surface area contributed by atoms with E-state index in [1.54, 1.807) is 10.9 Å². The maximum absolute atomic E-state index is 9.76. The summed E-state index contributed by atoms with van der Waals surface area (Å²) in [5.74, 6) is 0. The first-order valence-electron chi connectivity index (χ1n) is 4.91. The van der Waals surface area contributed by atoms with Gasteiger partial charge in [0.1, 0.15) is 0 Å². The molecule has 1 aromatic rings. The van der Waals surface area contributed by atoms with E-state index in [-0.39, 0.29) is 6.10 Å². The Kier molecular flexibility index (Phi) is 3.96. The van der Waals surface area contributed by atoms with E-state index in [2.05, 4.69) is 12.0 Å². The number of aliphatic hydroxyl groups excluding tert-OH is 1. The summed E-state index contributed by atoms with van der Waals surface area (Å²) in [5.41, 5.74) is 0.913. The van der Waals surface area contributed by atoms with Gasteiger partial charge in [-0.3, -0.25) is 4.68 Å². The van der Waals surface area contributed by atoms with Crippen molar-refractivity contribution in [2.24, 2.45) is 7.05 Å². The van der Waals surface area contributed by atoms with E-state index in [4.69, 9.17) is 0 Å². The van der Waals surface area contributed by atoms with E-state index in [1.807, 2.05) is 13.1 Å². The molecular weight excluding hydrogens is 164 g/mol. The number of hydrogen-bond donors (Lipinski definition) is 1. The maximum Gasteiger partial charge on any atom is 0.0956 e. The molecule has 3 heteroatoms. The molecule has 0 radical (unpaired) electrons. The van der Waals surface area contributed by atoms with Crippen molar-refractivity contribution < 1.29 is 5.11 Å². The van der Waals surface area contributed by atoms with Crippen molar-refractivity contribution in [1.82, 2.24) is 9.78 Å². The summed E-state index contributed by atoms with van der Waals surface area (Å²) in [6, 6.07) is 1.87. The molecule has 0 saturated carbocycles. The van der Waals surface area contributed by atoms with Gasteiger partial charge in [0.2, 0.25) is 0 Å². The monoisotopic (exact) mass is 182 g/mol. The predicted octanol–water partition coefficient (Wildman–Crippen LogP) is 2.03. The van der Waals surface area contributed by atoms with Gasteiger partial charge in [0.05, 0.1) is 11.8 Å². The van der Waals surface area contributed by atoms with Gasteiger partial charge in [0.15, 0.2) is 0 Å². The minimum absolute atomic E-state index is 0.348. The van der Waals surface area contributed by atoms with Gasteiger partial charge in [-0.1, -0.05) is 26.2 Å². The lowest BCUT2D eigenvalue weighted by Crippen LogP contribution is -2.04. The van der Waals surface area contributed by atoms with Crippen molar-refractivity contribution in [1.29, 1.82) is 0 Å². The van der Waals surface area contributed by atoms with E-state index in [0.717, 1.165) is 18.5 Å². The Labute approximate surface area is 79.4 Å². The highest BCUT2D eigenvalue weighted by Crippen LogP contribution is 2.18. The number of hydrogen-bond acceptors (Lipinski definition) is 2. The van der Waals surface area contributed by atoms with Crippen LogP contribution in [0.4, 0.5) is 0 Å². The van der Waals surface area contributed by atoms with Crippen LogP contribution in [0.2, 0.25) is 0 Å². The van der Waals surface area contributed by atoms with E-state index >= 15 is 0 Å². The highest BCUT2D eigenvalue weighted by Gasteiger charge is 2.09. The molecule has 0 fully saturated rings. The van der Waals surface area contributed by atoms with Crippen molar-refractivity contribution in [2.75, 3.05) is 0 Å². The average Bonchev–Trinajstić information content (AvgIpc) is 2.52. The molecule has 0 aliphatic heterocycles. The van der Waals surface area contributed by atoms with Crippen LogP contribution in [-0.2, 0) is 7.05 Å². The van der Waals surface area contributed by atoms with Gasteiger partial charge < -0.3 is 5.11 Å². The number of rotatable bonds is 5. The van der Waals surface area contributed by atoms with Gasteiger partial charge >= 0.3 is 0 Å². The van der Waals surface area contributed by atoms with Crippen molar-refractivity contribution >= 4 is 0 Å². The minimum atomic E-state index is -0.348. The molecule has 13 heavy (non-hydrogen) atoms. The molecular formula is C10H18N2O. The fourth-order valence-electron chi connectivity index (χ4n) is 1.45. The van der Waals surface area contributed by atoms with Gasteiger partial charge in [-0.15, -0.1) is 0 Å². The van der Waals surface area contributed by atoms with Crippen LogP contribution in [0.15, 0.2) is 12.3 Å². The summed E-state index contributed by atoms with van der Waals surface area (Å²) in [5, 5.41) is 13.8. The lowest BCUT2D eigenvalue weighted by atomic mass is 10.1. The summed E-state index contributed by atoms with van der Waals surface area (Å²) in [4.78, 5) is 0. The molecule has 1 rings (SSSR count). The SMILES string of the molecule is CCCCCC(O)c1ccnn1C. The van der Waals surface area contributed by atoms with Gasteiger partial charge in [0, 0.05) is 13.2 Å². The molecule has 0 bridgehead atoms.